The highest BCUT2D eigenvalue weighted by Crippen LogP contribution is 2.43. The van der Waals surface area contributed by atoms with Gasteiger partial charge in [-0.2, -0.15) is 0 Å². The van der Waals surface area contributed by atoms with E-state index in [9.17, 15) is 19.4 Å². The van der Waals surface area contributed by atoms with E-state index in [1.165, 1.54) is 29.0 Å². The van der Waals surface area contributed by atoms with Crippen molar-refractivity contribution in [1.82, 2.24) is 4.57 Å². The quantitative estimate of drug-likeness (QED) is 0.692. The molecule has 1 aliphatic rings. The molecule has 2 aromatic heterocycles. The summed E-state index contributed by atoms with van der Waals surface area (Å²) in [4.78, 5) is 12.6. The minimum absolute atomic E-state index is 0.0204. The van der Waals surface area contributed by atoms with Gasteiger partial charge in [-0.25, -0.2) is 4.39 Å². The lowest BCUT2D eigenvalue weighted by molar-refractivity contribution is 0.100. The van der Waals surface area contributed by atoms with Crippen LogP contribution in [-0.2, 0) is 6.42 Å². The summed E-state index contributed by atoms with van der Waals surface area (Å²) in [6.07, 6.45) is 3.72. The molecule has 1 aliphatic carbocycles. The third-order valence-corrected chi connectivity index (χ3v) is 4.34. The lowest BCUT2D eigenvalue weighted by Gasteiger charge is -1.99. The Bertz CT molecular complexity index is 935. The van der Waals surface area contributed by atoms with E-state index in [4.69, 9.17) is 4.42 Å². The van der Waals surface area contributed by atoms with Crippen molar-refractivity contribution >= 4 is 5.78 Å². The molecule has 3 aromatic rings. The number of carbonyl (C=O) groups excluding carboxylic acids is 1. The normalized spacial score (nSPS) is 14.0. The average Bonchev–Trinajstić information content (AvgIpc) is 3.27. The number of benzene rings is 1. The predicted octanol–water partition coefficient (Wildman–Crippen LogP) is 3.79. The maximum Gasteiger partial charge on any atom is 0.235 e. The molecule has 0 aliphatic heterocycles. The molecule has 0 amide bonds. The fourth-order valence-electron chi connectivity index (χ4n) is 2.83. The molecule has 2 N–H and O–H groups in total. The third-order valence-electron chi connectivity index (χ3n) is 4.34. The van der Waals surface area contributed by atoms with E-state index in [1.54, 1.807) is 18.2 Å². The fourth-order valence-corrected chi connectivity index (χ4v) is 2.83. The molecular weight excluding hydrogens is 325 g/mol. The Morgan fingerprint density at radius 3 is 2.56 bits per heavy atom. The Kier molecular flexibility index (Phi) is 3.60. The SMILES string of the molecule is O=C(c1ccc(Cc2ccc(F)cc2)o1)c1cn(C2CC2)c(O)c1O. The standard InChI is InChI=1S/C19H16FNO4/c20-12-3-1-11(2-4-12)9-14-7-8-16(25-14)17(22)15-10-21(13-5-6-13)19(24)18(15)23/h1-4,7-8,10,13,23-24H,5-6,9H2. The molecule has 1 aromatic carbocycles. The maximum atomic E-state index is 12.9. The van der Waals surface area contributed by atoms with E-state index in [0.29, 0.717) is 12.2 Å². The van der Waals surface area contributed by atoms with Crippen LogP contribution in [0.1, 0.15) is 46.3 Å². The van der Waals surface area contributed by atoms with Gasteiger partial charge in [-0.1, -0.05) is 12.1 Å². The molecule has 25 heavy (non-hydrogen) atoms. The van der Waals surface area contributed by atoms with Crippen molar-refractivity contribution < 1.29 is 23.8 Å². The summed E-state index contributed by atoms with van der Waals surface area (Å²) in [6.45, 7) is 0. The van der Waals surface area contributed by atoms with Crippen LogP contribution in [0, 0.1) is 5.82 Å². The van der Waals surface area contributed by atoms with Crippen molar-refractivity contribution in [3.63, 3.8) is 0 Å². The van der Waals surface area contributed by atoms with Gasteiger partial charge in [-0.15, -0.1) is 0 Å². The van der Waals surface area contributed by atoms with Crippen LogP contribution in [0.5, 0.6) is 11.6 Å². The zero-order valence-corrected chi connectivity index (χ0v) is 13.3. The van der Waals surface area contributed by atoms with Crippen LogP contribution in [0.25, 0.3) is 0 Å². The molecule has 0 bridgehead atoms. The molecule has 2 heterocycles. The van der Waals surface area contributed by atoms with Crippen LogP contribution in [0.3, 0.4) is 0 Å². The summed E-state index contributed by atoms with van der Waals surface area (Å²) in [5, 5.41) is 20.0. The number of aromatic hydroxyl groups is 2. The highest BCUT2D eigenvalue weighted by molar-refractivity contribution is 6.09. The number of nitrogens with zero attached hydrogens (tertiary/aromatic N) is 1. The van der Waals surface area contributed by atoms with E-state index < -0.39 is 11.5 Å². The number of hydrogen-bond acceptors (Lipinski definition) is 4. The molecular formula is C19H16FNO4. The van der Waals surface area contributed by atoms with Crippen molar-refractivity contribution in [2.45, 2.75) is 25.3 Å². The summed E-state index contributed by atoms with van der Waals surface area (Å²) >= 11 is 0. The van der Waals surface area contributed by atoms with Gasteiger partial charge < -0.3 is 19.2 Å². The average molecular weight is 341 g/mol. The molecule has 4 rings (SSSR count). The van der Waals surface area contributed by atoms with Gasteiger partial charge in [-0.05, 0) is 42.7 Å². The van der Waals surface area contributed by atoms with E-state index in [2.05, 4.69) is 0 Å². The third kappa shape index (κ3) is 2.91. The van der Waals surface area contributed by atoms with Gasteiger partial charge in [-0.3, -0.25) is 4.79 Å². The van der Waals surface area contributed by atoms with Crippen molar-refractivity contribution in [2.24, 2.45) is 0 Å². The molecule has 0 unspecified atom stereocenters. The fraction of sp³-hybridized carbons (Fsp3) is 0.211. The highest BCUT2D eigenvalue weighted by Gasteiger charge is 2.31. The molecule has 1 fully saturated rings. The molecule has 0 saturated heterocycles. The van der Waals surface area contributed by atoms with Crippen LogP contribution in [0.15, 0.2) is 47.0 Å². The number of aromatic nitrogens is 1. The second-order valence-corrected chi connectivity index (χ2v) is 6.25. The van der Waals surface area contributed by atoms with Crippen molar-refractivity contribution in [1.29, 1.82) is 0 Å². The molecule has 5 nitrogen and oxygen atoms in total. The van der Waals surface area contributed by atoms with Crippen LogP contribution in [0.4, 0.5) is 4.39 Å². The number of hydrogen-bond donors (Lipinski definition) is 2. The maximum absolute atomic E-state index is 12.9. The van der Waals surface area contributed by atoms with Crippen molar-refractivity contribution in [3.8, 4) is 11.6 Å². The van der Waals surface area contributed by atoms with E-state index in [0.717, 1.165) is 18.4 Å². The Labute approximate surface area is 142 Å². The molecule has 0 atom stereocenters. The Balaban J connectivity index is 1.56. The number of halogens is 1. The number of carbonyl (C=O) groups is 1. The van der Waals surface area contributed by atoms with Crippen LogP contribution in [0.2, 0.25) is 0 Å². The van der Waals surface area contributed by atoms with Crippen molar-refractivity contribution in [2.75, 3.05) is 0 Å². The Morgan fingerprint density at radius 2 is 1.88 bits per heavy atom. The largest absolute Gasteiger partial charge is 0.503 e. The zero-order chi connectivity index (χ0) is 17.6. The minimum Gasteiger partial charge on any atom is -0.503 e. The van der Waals surface area contributed by atoms with Gasteiger partial charge in [0.1, 0.15) is 11.6 Å². The van der Waals surface area contributed by atoms with E-state index in [1.807, 2.05) is 0 Å². The lowest BCUT2D eigenvalue weighted by atomic mass is 10.1. The molecule has 0 spiro atoms. The smallest absolute Gasteiger partial charge is 0.235 e. The predicted molar refractivity (Wildman–Crippen MR) is 87.4 cm³/mol. The first-order chi connectivity index (χ1) is 12.0. The van der Waals surface area contributed by atoms with Crippen LogP contribution >= 0.6 is 0 Å². The second kappa shape index (κ2) is 5.81. The topological polar surface area (TPSA) is 75.6 Å². The van der Waals surface area contributed by atoms with E-state index in [-0.39, 0.29) is 29.1 Å². The van der Waals surface area contributed by atoms with Crippen LogP contribution in [-0.4, -0.2) is 20.6 Å². The Morgan fingerprint density at radius 1 is 1.16 bits per heavy atom. The summed E-state index contributed by atoms with van der Waals surface area (Å²) in [7, 11) is 0. The van der Waals surface area contributed by atoms with Gasteiger partial charge >= 0.3 is 0 Å². The molecule has 1 saturated carbocycles. The van der Waals surface area contributed by atoms with Gasteiger partial charge in [0.05, 0.1) is 5.56 Å². The molecule has 128 valence electrons. The number of ketones is 1. The number of furan rings is 1. The van der Waals surface area contributed by atoms with Gasteiger partial charge in [0, 0.05) is 18.7 Å². The van der Waals surface area contributed by atoms with Gasteiger partial charge in [0.15, 0.2) is 11.5 Å². The highest BCUT2D eigenvalue weighted by atomic mass is 19.1. The number of rotatable bonds is 5. The first-order valence-corrected chi connectivity index (χ1v) is 8.03. The van der Waals surface area contributed by atoms with Crippen LogP contribution < -0.4 is 0 Å². The minimum atomic E-state index is -0.488. The first-order valence-electron chi connectivity index (χ1n) is 8.03. The molecule has 6 heteroatoms. The zero-order valence-electron chi connectivity index (χ0n) is 13.3. The van der Waals surface area contributed by atoms with Gasteiger partial charge in [0.25, 0.3) is 0 Å². The molecule has 0 radical (unpaired) electrons. The monoisotopic (exact) mass is 341 g/mol. The second-order valence-electron chi connectivity index (χ2n) is 6.25. The summed E-state index contributed by atoms with van der Waals surface area (Å²) in [6, 6.07) is 9.38. The first kappa shape index (κ1) is 15.5. The van der Waals surface area contributed by atoms with Crippen molar-refractivity contribution in [3.05, 3.63) is 71.1 Å². The summed E-state index contributed by atoms with van der Waals surface area (Å²) in [5.41, 5.74) is 0.877. The summed E-state index contributed by atoms with van der Waals surface area (Å²) < 4.78 is 20.0. The summed E-state index contributed by atoms with van der Waals surface area (Å²) in [5.74, 6) is -0.870. The Hall–Kier alpha value is -3.02. The lowest BCUT2D eigenvalue weighted by Crippen LogP contribution is -1.99. The van der Waals surface area contributed by atoms with E-state index >= 15 is 0 Å². The van der Waals surface area contributed by atoms with Gasteiger partial charge in [0.2, 0.25) is 11.7 Å².